The minimum atomic E-state index is 0.548. The summed E-state index contributed by atoms with van der Waals surface area (Å²) in [6, 6.07) is 65.3. The molecule has 5 heteroatoms. The lowest BCUT2D eigenvalue weighted by Gasteiger charge is -2.33. The number of benzene rings is 8. The zero-order valence-corrected chi connectivity index (χ0v) is 34.4. The van der Waals surface area contributed by atoms with E-state index < -0.39 is 0 Å². The normalized spacial score (nSPS) is 13.4. The molecule has 0 amide bonds. The number of rotatable bonds is 7. The third kappa shape index (κ3) is 6.00. The second-order valence-corrected chi connectivity index (χ2v) is 16.1. The summed E-state index contributed by atoms with van der Waals surface area (Å²) >= 11 is 0. The maximum absolute atomic E-state index is 6.84. The van der Waals surface area contributed by atoms with Crippen molar-refractivity contribution < 1.29 is 13.9 Å². The van der Waals surface area contributed by atoms with Crippen LogP contribution in [0.25, 0.3) is 50.3 Å². The third-order valence-corrected chi connectivity index (χ3v) is 12.4. The Bertz CT molecular complexity index is 3330. The number of furan rings is 1. The van der Waals surface area contributed by atoms with E-state index in [1.54, 1.807) is 0 Å². The SMILES string of the molecule is C=C1c2ccc(N(c3ccccc3)c3ccccc3-c3ccccc3)cc2Oc2ccc3c(c21)C(=C)Oc1cc(N(C2=CCCc4c2oc2ccccc42)c2ccccc2)ccc1-3. The van der Waals surface area contributed by atoms with Crippen molar-refractivity contribution in [3.05, 3.63) is 235 Å². The summed E-state index contributed by atoms with van der Waals surface area (Å²) in [4.78, 5) is 4.56. The molecular formula is C58H40N2O3. The Kier molecular flexibility index (Phi) is 8.54. The van der Waals surface area contributed by atoms with Crippen molar-refractivity contribution in [1.29, 1.82) is 0 Å². The predicted molar refractivity (Wildman–Crippen MR) is 257 cm³/mol. The maximum Gasteiger partial charge on any atom is 0.155 e. The molecule has 3 heterocycles. The molecule has 1 aromatic heterocycles. The summed E-state index contributed by atoms with van der Waals surface area (Å²) in [5, 5.41) is 1.17. The van der Waals surface area contributed by atoms with Gasteiger partial charge in [-0.2, -0.15) is 0 Å². The lowest BCUT2D eigenvalue weighted by Crippen LogP contribution is -2.18. The highest BCUT2D eigenvalue weighted by Gasteiger charge is 2.33. The van der Waals surface area contributed by atoms with Crippen molar-refractivity contribution in [1.82, 2.24) is 0 Å². The van der Waals surface area contributed by atoms with Gasteiger partial charge < -0.3 is 23.7 Å². The molecular weight excluding hydrogens is 773 g/mol. The Morgan fingerprint density at radius 1 is 0.460 bits per heavy atom. The van der Waals surface area contributed by atoms with Crippen LogP contribution in [0.1, 0.15) is 34.4 Å². The van der Waals surface area contributed by atoms with E-state index in [1.165, 1.54) is 10.9 Å². The van der Waals surface area contributed by atoms with Crippen molar-refractivity contribution in [3.8, 4) is 39.5 Å². The van der Waals surface area contributed by atoms with Gasteiger partial charge in [0, 0.05) is 68.0 Å². The van der Waals surface area contributed by atoms with Gasteiger partial charge in [0.05, 0.1) is 17.1 Å². The molecule has 0 N–H and O–H groups in total. The van der Waals surface area contributed by atoms with Crippen LogP contribution in [0.4, 0.5) is 28.4 Å². The van der Waals surface area contributed by atoms with E-state index >= 15 is 0 Å². The molecule has 63 heavy (non-hydrogen) atoms. The fourth-order valence-electron chi connectivity index (χ4n) is 9.59. The average Bonchev–Trinajstić information content (AvgIpc) is 3.72. The molecule has 3 aliphatic rings. The number of fused-ring (bicyclic) bond motifs is 9. The molecule has 8 aromatic carbocycles. The van der Waals surface area contributed by atoms with Crippen LogP contribution in [0.15, 0.2) is 212 Å². The summed E-state index contributed by atoms with van der Waals surface area (Å²) in [5.41, 5.74) is 16.1. The minimum Gasteiger partial charge on any atom is -0.457 e. The zero-order chi connectivity index (χ0) is 42.0. The van der Waals surface area contributed by atoms with Crippen LogP contribution in [-0.2, 0) is 6.42 Å². The molecule has 1 aliphatic carbocycles. The molecule has 0 fully saturated rings. The molecule has 5 nitrogen and oxygen atoms in total. The maximum atomic E-state index is 6.84. The molecule has 2 aliphatic heterocycles. The highest BCUT2D eigenvalue weighted by atomic mass is 16.5. The summed E-state index contributed by atoms with van der Waals surface area (Å²) in [6.07, 6.45) is 4.13. The first-order chi connectivity index (χ1) is 31.1. The first-order valence-electron chi connectivity index (χ1n) is 21.3. The first-order valence-corrected chi connectivity index (χ1v) is 21.3. The van der Waals surface area contributed by atoms with Crippen LogP contribution >= 0.6 is 0 Å². The van der Waals surface area contributed by atoms with Gasteiger partial charge in [0.1, 0.15) is 28.6 Å². The van der Waals surface area contributed by atoms with E-state index in [2.05, 4.69) is 193 Å². The van der Waals surface area contributed by atoms with Crippen molar-refractivity contribution >= 4 is 56.4 Å². The summed E-state index contributed by atoms with van der Waals surface area (Å²) in [6.45, 7) is 9.19. The van der Waals surface area contributed by atoms with Crippen molar-refractivity contribution in [3.63, 3.8) is 0 Å². The average molecular weight is 813 g/mol. The van der Waals surface area contributed by atoms with E-state index in [0.29, 0.717) is 11.5 Å². The molecule has 0 saturated heterocycles. The molecule has 0 radical (unpaired) electrons. The number of hydrogen-bond donors (Lipinski definition) is 0. The summed E-state index contributed by atoms with van der Waals surface area (Å²) < 4.78 is 20.2. The molecule has 0 unspecified atom stereocenters. The Morgan fingerprint density at radius 2 is 1.08 bits per heavy atom. The number of allylic oxidation sites excluding steroid dienone is 1. The van der Waals surface area contributed by atoms with Gasteiger partial charge in [0.25, 0.3) is 0 Å². The zero-order valence-electron chi connectivity index (χ0n) is 34.4. The molecule has 9 aromatic rings. The Balaban J connectivity index is 0.920. The third-order valence-electron chi connectivity index (χ3n) is 12.4. The predicted octanol–water partition coefficient (Wildman–Crippen LogP) is 15.9. The fraction of sp³-hybridized carbons (Fsp3) is 0.0345. The van der Waals surface area contributed by atoms with Crippen molar-refractivity contribution in [2.45, 2.75) is 12.8 Å². The van der Waals surface area contributed by atoms with Crippen molar-refractivity contribution in [2.75, 3.05) is 9.80 Å². The Labute approximate surface area is 366 Å². The Morgan fingerprint density at radius 3 is 1.86 bits per heavy atom. The van der Waals surface area contributed by atoms with Gasteiger partial charge in [0.15, 0.2) is 5.76 Å². The van der Waals surface area contributed by atoms with Crippen LogP contribution in [0.3, 0.4) is 0 Å². The van der Waals surface area contributed by atoms with Gasteiger partial charge in [-0.25, -0.2) is 0 Å². The van der Waals surface area contributed by atoms with Crippen LogP contribution in [0.5, 0.6) is 17.2 Å². The number of aryl methyl sites for hydroxylation is 1. The summed E-state index contributed by atoms with van der Waals surface area (Å²) in [7, 11) is 0. The van der Waals surface area contributed by atoms with Crippen LogP contribution in [-0.4, -0.2) is 0 Å². The lowest BCUT2D eigenvalue weighted by molar-refractivity contribution is 0.471. The number of ether oxygens (including phenoxy) is 2. The van der Waals surface area contributed by atoms with Crippen molar-refractivity contribution in [2.24, 2.45) is 0 Å². The van der Waals surface area contributed by atoms with Crippen LogP contribution in [0, 0.1) is 0 Å². The smallest absolute Gasteiger partial charge is 0.155 e. The second-order valence-electron chi connectivity index (χ2n) is 16.1. The van der Waals surface area contributed by atoms with E-state index in [1.807, 2.05) is 24.3 Å². The highest BCUT2D eigenvalue weighted by molar-refractivity contribution is 6.01. The quantitative estimate of drug-likeness (QED) is 0.160. The molecule has 0 atom stereocenters. The molecule has 0 saturated carbocycles. The number of anilines is 5. The highest BCUT2D eigenvalue weighted by Crippen LogP contribution is 2.54. The molecule has 300 valence electrons. The van der Waals surface area contributed by atoms with E-state index in [4.69, 9.17) is 13.9 Å². The van der Waals surface area contributed by atoms with Gasteiger partial charge in [0.2, 0.25) is 0 Å². The van der Waals surface area contributed by atoms with E-state index in [9.17, 15) is 0 Å². The Hall–Kier alpha value is -8.28. The topological polar surface area (TPSA) is 38.1 Å². The lowest BCUT2D eigenvalue weighted by atomic mass is 9.85. The number of hydrogen-bond acceptors (Lipinski definition) is 5. The van der Waals surface area contributed by atoms with Gasteiger partial charge in [-0.1, -0.05) is 122 Å². The fourth-order valence-corrected chi connectivity index (χ4v) is 9.59. The molecule has 0 spiro atoms. The second kappa shape index (κ2) is 14.7. The molecule has 0 bridgehead atoms. The van der Waals surface area contributed by atoms with Gasteiger partial charge in [-0.3, -0.25) is 0 Å². The van der Waals surface area contributed by atoms with Gasteiger partial charge >= 0.3 is 0 Å². The summed E-state index contributed by atoms with van der Waals surface area (Å²) in [5.74, 6) is 3.64. The number of para-hydroxylation sites is 4. The van der Waals surface area contributed by atoms with Crippen LogP contribution < -0.4 is 19.3 Å². The first kappa shape index (κ1) is 36.6. The molecule has 12 rings (SSSR count). The largest absolute Gasteiger partial charge is 0.457 e. The monoisotopic (exact) mass is 812 g/mol. The van der Waals surface area contributed by atoms with Gasteiger partial charge in [-0.05, 0) is 102 Å². The minimum absolute atomic E-state index is 0.548. The van der Waals surface area contributed by atoms with E-state index in [-0.39, 0.29) is 0 Å². The number of nitrogens with zero attached hydrogens (tertiary/aromatic N) is 2. The van der Waals surface area contributed by atoms with Gasteiger partial charge in [-0.15, -0.1) is 0 Å². The van der Waals surface area contributed by atoms with E-state index in [0.717, 1.165) is 114 Å². The van der Waals surface area contributed by atoms with Crippen LogP contribution in [0.2, 0.25) is 0 Å². The standard InChI is InChI=1S/C58H40N2O3/c1-37-44-31-29-42(59(40-19-8-4-9-20-40)50-26-14-12-23-45(50)39-17-6-3-7-18-39)35-54(44)62-53-34-33-48-47-32-30-43(36-55(47)61-38(2)57(48)56(37)53)60(41-21-10-5-11-22-41)51-27-16-25-49-46-24-13-15-28-52(46)63-58(49)51/h3-15,17-24,26-36H,1-2,16,25H2.